The molecule has 1 N–H and O–H groups in total. The molecule has 1 aliphatic carbocycles. The van der Waals surface area contributed by atoms with Crippen molar-refractivity contribution >= 4 is 16.8 Å². The smallest absolute Gasteiger partial charge is 0.303 e. The predicted octanol–water partition coefficient (Wildman–Crippen LogP) is 5.48. The SMILES string of the molecule is O=C(O)CCCC=CC[C@@H]1[C@H](CCCCS(=O)CC2CCCCC2)[C@@H]2CC[C@H]1O2. The van der Waals surface area contributed by atoms with Crippen LogP contribution in [0.25, 0.3) is 0 Å². The van der Waals surface area contributed by atoms with E-state index in [-0.39, 0.29) is 6.42 Å². The van der Waals surface area contributed by atoms with E-state index in [1.54, 1.807) is 0 Å². The van der Waals surface area contributed by atoms with Crippen LogP contribution in [0.15, 0.2) is 12.2 Å². The standard InChI is InChI=1S/C24H40O4S/c25-24(26)14-7-2-1-6-12-20-21(23-16-15-22(20)28-23)13-8-9-17-29(27)18-19-10-4-3-5-11-19/h1,6,19-23H,2-5,7-18H2,(H,25,26)/t20-,21+,22-,23+,29?/m1/s1. The van der Waals surface area contributed by atoms with Crippen LogP contribution in [0, 0.1) is 17.8 Å². The normalized spacial score (nSPS) is 30.9. The van der Waals surface area contributed by atoms with Crippen LogP contribution in [0.5, 0.6) is 0 Å². The van der Waals surface area contributed by atoms with Gasteiger partial charge in [0.15, 0.2) is 0 Å². The summed E-state index contributed by atoms with van der Waals surface area (Å²) >= 11 is 0. The lowest BCUT2D eigenvalue weighted by molar-refractivity contribution is -0.137. The molecule has 29 heavy (non-hydrogen) atoms. The van der Waals surface area contributed by atoms with Crippen molar-refractivity contribution in [3.05, 3.63) is 12.2 Å². The molecule has 5 heteroatoms. The largest absolute Gasteiger partial charge is 0.481 e. The summed E-state index contributed by atoms with van der Waals surface area (Å²) in [7, 11) is -0.627. The number of allylic oxidation sites excluding steroid dienone is 2. The van der Waals surface area contributed by atoms with Gasteiger partial charge in [-0.3, -0.25) is 9.00 Å². The molecule has 0 aromatic rings. The van der Waals surface area contributed by atoms with Gasteiger partial charge in [0.05, 0.1) is 12.2 Å². The van der Waals surface area contributed by atoms with Crippen molar-refractivity contribution in [1.82, 2.24) is 0 Å². The lowest BCUT2D eigenvalue weighted by Gasteiger charge is -2.27. The molecule has 0 amide bonds. The molecule has 4 nitrogen and oxygen atoms in total. The van der Waals surface area contributed by atoms with Crippen LogP contribution in [0.1, 0.15) is 89.9 Å². The van der Waals surface area contributed by atoms with E-state index in [0.29, 0.717) is 24.0 Å². The summed E-state index contributed by atoms with van der Waals surface area (Å²) in [6.07, 6.45) is 20.7. The molecule has 1 unspecified atom stereocenters. The van der Waals surface area contributed by atoms with Crippen molar-refractivity contribution in [2.75, 3.05) is 11.5 Å². The highest BCUT2D eigenvalue weighted by atomic mass is 32.2. The second kappa shape index (κ2) is 12.2. The first-order valence-electron chi connectivity index (χ1n) is 12.0. The number of rotatable bonds is 13. The average Bonchev–Trinajstić information content (AvgIpc) is 3.30. The lowest BCUT2D eigenvalue weighted by atomic mass is 9.75. The number of aliphatic carboxylic acids is 1. The van der Waals surface area contributed by atoms with Gasteiger partial charge in [-0.2, -0.15) is 0 Å². The second-order valence-electron chi connectivity index (χ2n) is 9.42. The van der Waals surface area contributed by atoms with E-state index in [1.807, 2.05) is 0 Å². The first-order chi connectivity index (χ1) is 14.1. The lowest BCUT2D eigenvalue weighted by Crippen LogP contribution is -2.27. The van der Waals surface area contributed by atoms with Gasteiger partial charge < -0.3 is 9.84 Å². The van der Waals surface area contributed by atoms with Crippen LogP contribution in [0.3, 0.4) is 0 Å². The number of carboxylic acid groups (broad SMARTS) is 1. The Morgan fingerprint density at radius 3 is 2.48 bits per heavy atom. The van der Waals surface area contributed by atoms with E-state index in [9.17, 15) is 9.00 Å². The van der Waals surface area contributed by atoms with Crippen LogP contribution in [0.2, 0.25) is 0 Å². The Hall–Kier alpha value is -0.680. The minimum Gasteiger partial charge on any atom is -0.481 e. The molecule has 166 valence electrons. The predicted molar refractivity (Wildman–Crippen MR) is 118 cm³/mol. The second-order valence-corrected chi connectivity index (χ2v) is 11.0. The fraction of sp³-hybridized carbons (Fsp3) is 0.875. The molecule has 0 aromatic heterocycles. The van der Waals surface area contributed by atoms with Crippen molar-refractivity contribution in [1.29, 1.82) is 0 Å². The van der Waals surface area contributed by atoms with Crippen LogP contribution in [-0.2, 0) is 20.3 Å². The number of hydrogen-bond donors (Lipinski definition) is 1. The minimum atomic E-state index is -0.709. The zero-order valence-corrected chi connectivity index (χ0v) is 18.8. The van der Waals surface area contributed by atoms with Crippen molar-refractivity contribution in [3.8, 4) is 0 Å². The van der Waals surface area contributed by atoms with Crippen molar-refractivity contribution in [2.45, 2.75) is 102 Å². The quantitative estimate of drug-likeness (QED) is 0.314. The first-order valence-corrected chi connectivity index (χ1v) is 13.5. The first kappa shape index (κ1) is 23.0. The molecule has 0 aromatic carbocycles. The molecule has 2 saturated heterocycles. The summed E-state index contributed by atoms with van der Waals surface area (Å²) in [6, 6.07) is 0. The third kappa shape index (κ3) is 7.50. The summed E-state index contributed by atoms with van der Waals surface area (Å²) in [4.78, 5) is 10.6. The van der Waals surface area contributed by atoms with E-state index in [1.165, 1.54) is 57.8 Å². The highest BCUT2D eigenvalue weighted by Gasteiger charge is 2.47. The molecule has 1 saturated carbocycles. The molecule has 3 fully saturated rings. The summed E-state index contributed by atoms with van der Waals surface area (Å²) in [5.74, 6) is 3.11. The molecule has 2 aliphatic heterocycles. The molecule has 3 aliphatic rings. The Morgan fingerprint density at radius 1 is 0.966 bits per heavy atom. The summed E-state index contributed by atoms with van der Waals surface area (Å²) in [5, 5.41) is 8.71. The van der Waals surface area contributed by atoms with Gasteiger partial charge in [-0.25, -0.2) is 0 Å². The average molecular weight is 425 g/mol. The van der Waals surface area contributed by atoms with Crippen LogP contribution in [0.4, 0.5) is 0 Å². The monoisotopic (exact) mass is 424 g/mol. The third-order valence-electron chi connectivity index (χ3n) is 7.23. The third-order valence-corrected chi connectivity index (χ3v) is 8.82. The molecule has 0 radical (unpaired) electrons. The molecule has 3 rings (SSSR count). The zero-order valence-electron chi connectivity index (χ0n) is 17.9. The van der Waals surface area contributed by atoms with Gasteiger partial charge in [0, 0.05) is 28.7 Å². The number of fused-ring (bicyclic) bond motifs is 2. The van der Waals surface area contributed by atoms with Gasteiger partial charge in [-0.15, -0.1) is 0 Å². The number of unbranched alkanes of at least 4 members (excludes halogenated alkanes) is 2. The molecule has 5 atom stereocenters. The van der Waals surface area contributed by atoms with E-state index < -0.39 is 16.8 Å². The van der Waals surface area contributed by atoms with Gasteiger partial charge in [0.2, 0.25) is 0 Å². The zero-order chi connectivity index (χ0) is 20.5. The topological polar surface area (TPSA) is 63.6 Å². The van der Waals surface area contributed by atoms with Crippen molar-refractivity contribution in [2.24, 2.45) is 17.8 Å². The highest BCUT2D eigenvalue weighted by molar-refractivity contribution is 7.84. The highest BCUT2D eigenvalue weighted by Crippen LogP contribution is 2.47. The fourth-order valence-electron chi connectivity index (χ4n) is 5.68. The Labute approximate surface area is 179 Å². The van der Waals surface area contributed by atoms with Gasteiger partial charge >= 0.3 is 5.97 Å². The summed E-state index contributed by atoms with van der Waals surface area (Å²) in [6.45, 7) is 0. The van der Waals surface area contributed by atoms with Gasteiger partial charge in [0.1, 0.15) is 0 Å². The van der Waals surface area contributed by atoms with E-state index in [2.05, 4.69) is 12.2 Å². The number of ether oxygens (including phenoxy) is 1. The van der Waals surface area contributed by atoms with Gasteiger partial charge in [0.25, 0.3) is 0 Å². The minimum absolute atomic E-state index is 0.256. The Bertz CT molecular complexity index is 555. The Balaban J connectivity index is 1.32. The molecular formula is C24H40O4S. The number of carbonyl (C=O) groups is 1. The van der Waals surface area contributed by atoms with Gasteiger partial charge in [-0.1, -0.05) is 37.8 Å². The van der Waals surface area contributed by atoms with Crippen LogP contribution >= 0.6 is 0 Å². The number of hydrogen-bond acceptors (Lipinski definition) is 3. The Morgan fingerprint density at radius 2 is 1.72 bits per heavy atom. The van der Waals surface area contributed by atoms with Crippen molar-refractivity contribution in [3.63, 3.8) is 0 Å². The maximum absolute atomic E-state index is 12.4. The summed E-state index contributed by atoms with van der Waals surface area (Å²) < 4.78 is 18.6. The maximum Gasteiger partial charge on any atom is 0.303 e. The van der Waals surface area contributed by atoms with Crippen molar-refractivity contribution < 1.29 is 18.8 Å². The number of carboxylic acids is 1. The molecular weight excluding hydrogens is 384 g/mol. The summed E-state index contributed by atoms with van der Waals surface area (Å²) in [5.41, 5.74) is 0. The van der Waals surface area contributed by atoms with Gasteiger partial charge in [-0.05, 0) is 75.5 Å². The van der Waals surface area contributed by atoms with E-state index in [4.69, 9.17) is 9.84 Å². The maximum atomic E-state index is 12.4. The Kier molecular flexibility index (Phi) is 9.71. The van der Waals surface area contributed by atoms with E-state index in [0.717, 1.165) is 43.1 Å². The van der Waals surface area contributed by atoms with Crippen LogP contribution < -0.4 is 0 Å². The van der Waals surface area contributed by atoms with Crippen LogP contribution in [-0.4, -0.2) is 39.0 Å². The molecule has 0 spiro atoms. The fourth-order valence-corrected chi connectivity index (χ4v) is 7.23. The molecule has 2 heterocycles. The molecule has 2 bridgehead atoms. The van der Waals surface area contributed by atoms with E-state index >= 15 is 0 Å².